The molecule has 1 amide bonds. The Bertz CT molecular complexity index is 1140. The minimum Gasteiger partial charge on any atom is -0.473 e. The smallest absolute Gasteiger partial charge is 0.254 e. The van der Waals surface area contributed by atoms with Crippen LogP contribution in [0.15, 0.2) is 30.6 Å². The van der Waals surface area contributed by atoms with Crippen LogP contribution in [0.1, 0.15) is 6.42 Å². The highest BCUT2D eigenvalue weighted by Gasteiger charge is 2.40. The van der Waals surface area contributed by atoms with Crippen molar-refractivity contribution in [2.45, 2.75) is 18.6 Å². The standard InChI is InChI=1S/C20H19F2N5O3/c1-29-17-7-14-10-30-19-16(22)9-27-18(25-19)15(8-24-27)11-4-12(21)6-13(5-11)23-2-3-26(14)20(17)28/h4-6,8-9,14,17,23H,2-3,7,10H2,1H3/t14-,17+/m0/s1. The highest BCUT2D eigenvalue weighted by molar-refractivity contribution is 5.84. The maximum atomic E-state index is 14.5. The third-order valence-electron chi connectivity index (χ3n) is 5.49. The van der Waals surface area contributed by atoms with Crippen LogP contribution in [-0.2, 0) is 9.53 Å². The van der Waals surface area contributed by atoms with Crippen LogP contribution >= 0.6 is 0 Å². The van der Waals surface area contributed by atoms with Gasteiger partial charge >= 0.3 is 0 Å². The molecule has 10 heteroatoms. The van der Waals surface area contributed by atoms with E-state index >= 15 is 0 Å². The normalized spacial score (nSPS) is 21.3. The third kappa shape index (κ3) is 3.13. The van der Waals surface area contributed by atoms with Crippen LogP contribution in [0, 0.1) is 11.6 Å². The number of hydrogen-bond acceptors (Lipinski definition) is 6. The predicted molar refractivity (Wildman–Crippen MR) is 103 cm³/mol. The Morgan fingerprint density at radius 2 is 2.17 bits per heavy atom. The summed E-state index contributed by atoms with van der Waals surface area (Å²) < 4.78 is 41.0. The summed E-state index contributed by atoms with van der Waals surface area (Å²) in [7, 11) is 1.48. The van der Waals surface area contributed by atoms with Crippen molar-refractivity contribution in [3.8, 4) is 17.0 Å². The topological polar surface area (TPSA) is 81.0 Å². The second kappa shape index (κ2) is 7.21. The van der Waals surface area contributed by atoms with E-state index in [4.69, 9.17) is 9.47 Å². The molecule has 30 heavy (non-hydrogen) atoms. The summed E-state index contributed by atoms with van der Waals surface area (Å²) in [5, 5.41) is 7.29. The van der Waals surface area contributed by atoms with E-state index in [0.717, 1.165) is 0 Å². The van der Waals surface area contributed by atoms with Crippen molar-refractivity contribution >= 4 is 17.2 Å². The van der Waals surface area contributed by atoms with Crippen molar-refractivity contribution in [1.82, 2.24) is 19.5 Å². The van der Waals surface area contributed by atoms with Gasteiger partial charge in [-0.2, -0.15) is 14.5 Å². The molecule has 0 unspecified atom stereocenters. The number of fused-ring (bicyclic) bond motifs is 5. The van der Waals surface area contributed by atoms with E-state index in [9.17, 15) is 13.6 Å². The zero-order chi connectivity index (χ0) is 20.8. The van der Waals surface area contributed by atoms with Gasteiger partial charge in [0.25, 0.3) is 11.8 Å². The maximum Gasteiger partial charge on any atom is 0.254 e. The van der Waals surface area contributed by atoms with Gasteiger partial charge in [0.2, 0.25) is 5.82 Å². The molecule has 5 rings (SSSR count). The molecule has 0 radical (unpaired) electrons. The Morgan fingerprint density at radius 3 is 3.00 bits per heavy atom. The number of amides is 1. The number of halogens is 2. The summed E-state index contributed by atoms with van der Waals surface area (Å²) in [5.74, 6) is -1.45. The van der Waals surface area contributed by atoms with Gasteiger partial charge in [-0.15, -0.1) is 0 Å². The monoisotopic (exact) mass is 415 g/mol. The van der Waals surface area contributed by atoms with E-state index in [-0.39, 0.29) is 24.4 Å². The molecule has 8 nitrogen and oxygen atoms in total. The van der Waals surface area contributed by atoms with Crippen LogP contribution in [0.3, 0.4) is 0 Å². The lowest BCUT2D eigenvalue weighted by atomic mass is 10.1. The number of rotatable bonds is 1. The first-order valence-corrected chi connectivity index (χ1v) is 9.58. The number of carbonyl (C=O) groups is 1. The van der Waals surface area contributed by atoms with E-state index in [1.807, 2.05) is 0 Å². The number of methoxy groups -OCH3 is 1. The number of hydrogen-bond donors (Lipinski definition) is 1. The predicted octanol–water partition coefficient (Wildman–Crippen LogP) is 2.09. The molecule has 1 fully saturated rings. The zero-order valence-electron chi connectivity index (χ0n) is 16.1. The van der Waals surface area contributed by atoms with Crippen molar-refractivity contribution in [1.29, 1.82) is 0 Å². The molecule has 156 valence electrons. The van der Waals surface area contributed by atoms with E-state index in [1.54, 1.807) is 11.0 Å². The molecule has 2 atom stereocenters. The third-order valence-corrected chi connectivity index (χ3v) is 5.49. The average molecular weight is 415 g/mol. The molecule has 4 heterocycles. The molecule has 3 aromatic rings. The highest BCUT2D eigenvalue weighted by Crippen LogP contribution is 2.30. The van der Waals surface area contributed by atoms with Crippen LogP contribution in [0.2, 0.25) is 0 Å². The van der Waals surface area contributed by atoms with Gasteiger partial charge < -0.3 is 19.7 Å². The van der Waals surface area contributed by atoms with Crippen LogP contribution in [0.4, 0.5) is 14.5 Å². The minimum absolute atomic E-state index is 0.0785. The molecule has 0 aliphatic carbocycles. The highest BCUT2D eigenvalue weighted by atomic mass is 19.1. The van der Waals surface area contributed by atoms with Crippen LogP contribution in [0.5, 0.6) is 5.88 Å². The molecule has 2 aliphatic heterocycles. The largest absolute Gasteiger partial charge is 0.473 e. The number of nitrogens with zero attached hydrogens (tertiary/aromatic N) is 4. The molecule has 0 saturated carbocycles. The molecular formula is C20H19F2N5O3. The number of ether oxygens (including phenoxy) is 2. The summed E-state index contributed by atoms with van der Waals surface area (Å²) in [6, 6.07) is 4.21. The fourth-order valence-electron chi connectivity index (χ4n) is 4.01. The van der Waals surface area contributed by atoms with Crippen molar-refractivity contribution in [3.05, 3.63) is 42.2 Å². The van der Waals surface area contributed by atoms with E-state index in [1.165, 1.54) is 36.2 Å². The summed E-state index contributed by atoms with van der Waals surface area (Å²) in [4.78, 5) is 18.6. The maximum absolute atomic E-state index is 14.5. The summed E-state index contributed by atoms with van der Waals surface area (Å²) in [6.45, 7) is 0.852. The van der Waals surface area contributed by atoms with Crippen molar-refractivity contribution in [2.24, 2.45) is 0 Å². The molecule has 0 spiro atoms. The van der Waals surface area contributed by atoms with E-state index < -0.39 is 17.7 Å². The van der Waals surface area contributed by atoms with Gasteiger partial charge in [-0.3, -0.25) is 4.79 Å². The van der Waals surface area contributed by atoms with Crippen molar-refractivity contribution in [3.63, 3.8) is 0 Å². The van der Waals surface area contributed by atoms with Crippen molar-refractivity contribution in [2.75, 3.05) is 32.1 Å². The molecular weight excluding hydrogens is 396 g/mol. The molecule has 1 aromatic carbocycles. The average Bonchev–Trinajstić information content (AvgIpc) is 3.26. The quantitative estimate of drug-likeness (QED) is 0.656. The van der Waals surface area contributed by atoms with E-state index in [2.05, 4.69) is 15.4 Å². The van der Waals surface area contributed by atoms with Gasteiger partial charge in [-0.25, -0.2) is 8.91 Å². The van der Waals surface area contributed by atoms with Gasteiger partial charge in [0.05, 0.1) is 18.4 Å². The number of anilines is 1. The lowest BCUT2D eigenvalue weighted by molar-refractivity contribution is -0.136. The Hall–Kier alpha value is -3.27. The number of benzene rings is 1. The second-order valence-electron chi connectivity index (χ2n) is 7.33. The Balaban J connectivity index is 1.61. The second-order valence-corrected chi connectivity index (χ2v) is 7.33. The van der Waals surface area contributed by atoms with Crippen LogP contribution in [-0.4, -0.2) is 64.4 Å². The van der Waals surface area contributed by atoms with Gasteiger partial charge in [0, 0.05) is 37.9 Å². The van der Waals surface area contributed by atoms with E-state index in [0.29, 0.717) is 42.0 Å². The molecule has 4 bridgehead atoms. The molecule has 2 aliphatic rings. The van der Waals surface area contributed by atoms with Crippen LogP contribution in [0.25, 0.3) is 16.8 Å². The number of carbonyl (C=O) groups excluding carboxylic acids is 1. The Morgan fingerprint density at radius 1 is 1.30 bits per heavy atom. The molecule has 1 N–H and O–H groups in total. The first kappa shape index (κ1) is 18.7. The summed E-state index contributed by atoms with van der Waals surface area (Å²) in [6.07, 6.45) is 2.54. The molecule has 2 aromatic heterocycles. The fraction of sp³-hybridized carbons (Fsp3) is 0.350. The first-order chi connectivity index (χ1) is 14.5. The minimum atomic E-state index is -0.676. The summed E-state index contributed by atoms with van der Waals surface area (Å²) in [5.41, 5.74) is 2.00. The number of nitrogens with one attached hydrogen (secondary N) is 1. The van der Waals surface area contributed by atoms with Gasteiger partial charge in [0.1, 0.15) is 18.5 Å². The summed E-state index contributed by atoms with van der Waals surface area (Å²) >= 11 is 0. The Kier molecular flexibility index (Phi) is 4.50. The van der Waals surface area contributed by atoms with Crippen LogP contribution < -0.4 is 10.1 Å². The lowest BCUT2D eigenvalue weighted by Crippen LogP contribution is -2.41. The molecule has 1 saturated heterocycles. The number of aromatic nitrogens is 3. The van der Waals surface area contributed by atoms with Crippen molar-refractivity contribution < 1.29 is 23.0 Å². The lowest BCUT2D eigenvalue weighted by Gasteiger charge is -2.25. The van der Waals surface area contributed by atoms with Gasteiger partial charge in [-0.1, -0.05) is 0 Å². The van der Waals surface area contributed by atoms with Gasteiger partial charge in [0.15, 0.2) is 5.65 Å². The SMILES string of the molecule is CO[C@@H]1C[C@H]2COc3nc4c(cnn4cc3F)-c3cc(F)cc(c3)NCCN2C1=O. The fourth-order valence-corrected chi connectivity index (χ4v) is 4.01. The first-order valence-electron chi connectivity index (χ1n) is 9.58. The Labute approximate surface area is 170 Å². The van der Waals surface area contributed by atoms with Gasteiger partial charge in [-0.05, 0) is 23.8 Å². The zero-order valence-corrected chi connectivity index (χ0v) is 16.1.